The Balaban J connectivity index is 0.000000226. The third-order valence-electron chi connectivity index (χ3n) is 24.1. The number of hydrogen-bond acceptors (Lipinski definition) is 7. The average Bonchev–Trinajstić information content (AvgIpc) is 3.43. The van der Waals surface area contributed by atoms with Gasteiger partial charge in [0.25, 0.3) is 8.53 Å². The number of allylic oxidation sites excluding steroid dienone is 2. The third kappa shape index (κ3) is 17.1. The second-order valence-corrected chi connectivity index (χ2v) is 34.9. The van der Waals surface area contributed by atoms with E-state index >= 15 is 0 Å². The largest absolute Gasteiger partial charge is 0.393 e. The molecule has 0 spiro atoms. The Morgan fingerprint density at radius 1 is 0.614 bits per heavy atom. The summed E-state index contributed by atoms with van der Waals surface area (Å²) in [6.45, 7) is 50.4. The summed E-state index contributed by atoms with van der Waals surface area (Å²) in [6.07, 6.45) is 35.2. The number of halogens is 1. The Bertz CT molecular complexity index is 2120. The van der Waals surface area contributed by atoms with Crippen LogP contribution >= 0.6 is 27.4 Å². The molecule has 6 fully saturated rings. The van der Waals surface area contributed by atoms with Gasteiger partial charge >= 0.3 is 0 Å². The van der Waals surface area contributed by atoms with Crippen LogP contribution in [0.5, 0.6) is 0 Å². The maximum Gasteiger partial charge on any atom is 0.259 e. The summed E-state index contributed by atoms with van der Waals surface area (Å²) in [4.78, 5) is 3.21. The second-order valence-electron chi connectivity index (χ2n) is 31.5. The van der Waals surface area contributed by atoms with Gasteiger partial charge in [-0.15, -0.1) is 0 Å². The zero-order valence-electron chi connectivity index (χ0n) is 56.7. The molecule has 4 unspecified atom stereocenters. The lowest BCUT2D eigenvalue weighted by molar-refractivity contribution is -0.0573. The molecule has 11 heteroatoms. The topological polar surface area (TPSA) is 82.5 Å². The highest BCUT2D eigenvalue weighted by Gasteiger charge is 2.61. The summed E-state index contributed by atoms with van der Waals surface area (Å²) in [5, 5.41) is 19.3. The van der Waals surface area contributed by atoms with E-state index in [0.717, 1.165) is 96.7 Å². The number of fused-ring (bicyclic) bond motifs is 10. The van der Waals surface area contributed by atoms with Crippen molar-refractivity contribution in [3.05, 3.63) is 34.7 Å². The number of hydrogen-bond donors (Lipinski definition) is 1. The van der Waals surface area contributed by atoms with E-state index in [-0.39, 0.29) is 12.2 Å². The molecule has 0 saturated heterocycles. The molecule has 0 aromatic rings. The molecule has 0 aliphatic heterocycles. The monoisotopic (exact) mass is 1210 g/mol. The highest BCUT2D eigenvalue weighted by Crippen LogP contribution is 2.70. The van der Waals surface area contributed by atoms with Crippen LogP contribution in [0, 0.1) is 111 Å². The lowest BCUT2D eigenvalue weighted by Gasteiger charge is -2.58. The SMILES string of the molecule is CC(C)CCC[C@@H](C)[C@H]1CCC2[C@@H]3CC=C4C[C@@H](O)CC[C@]4(C)[C@H]3CC[C@@]21C.CC(C)CCC[C@@H](C)[C@H]1CCC2[C@@H]3CC=C4C[C@@H](OP(OCCC#N)N(C(C)C)C(C)C)CC[C@]4(C)[C@H]3CC[C@@]21C.[C-]#[N+]CCOP(Cl)N(C(C)C)C(C)C. The summed E-state index contributed by atoms with van der Waals surface area (Å²) in [5.74, 6) is 10.7. The molecule has 83 heavy (non-hydrogen) atoms. The van der Waals surface area contributed by atoms with E-state index in [1.165, 1.54) is 116 Å². The van der Waals surface area contributed by atoms with Crippen LogP contribution in [0.3, 0.4) is 0 Å². The molecule has 8 aliphatic rings. The van der Waals surface area contributed by atoms with Crippen LogP contribution in [-0.4, -0.2) is 70.6 Å². The number of nitrogens with zero attached hydrogens (tertiary/aromatic N) is 4. The van der Waals surface area contributed by atoms with Gasteiger partial charge in [0.05, 0.1) is 31.3 Å². The third-order valence-corrected chi connectivity index (χ3v) is 28.8. The van der Waals surface area contributed by atoms with Gasteiger partial charge in [-0.1, -0.05) is 131 Å². The molecule has 8 rings (SSSR count). The Morgan fingerprint density at radius 3 is 1.53 bits per heavy atom. The molecule has 0 heterocycles. The number of aliphatic hydroxyl groups is 1. The summed E-state index contributed by atoms with van der Waals surface area (Å²) in [7, 11) is -2.25. The molecule has 0 bridgehead atoms. The molecule has 0 aromatic carbocycles. The Labute approximate surface area is 519 Å². The highest BCUT2D eigenvalue weighted by molar-refractivity contribution is 7.78. The van der Waals surface area contributed by atoms with Gasteiger partial charge in [-0.25, -0.2) is 15.9 Å². The molecule has 6 saturated carbocycles. The molecule has 1 N–H and O–H groups in total. The van der Waals surface area contributed by atoms with Crippen molar-refractivity contribution in [2.24, 2.45) is 92.7 Å². The van der Waals surface area contributed by atoms with Crippen LogP contribution in [0.4, 0.5) is 0 Å². The highest BCUT2D eigenvalue weighted by atomic mass is 35.7. The number of rotatable bonds is 24. The van der Waals surface area contributed by atoms with E-state index in [4.69, 9.17) is 36.6 Å². The van der Waals surface area contributed by atoms with Crippen molar-refractivity contribution in [2.75, 3.05) is 19.8 Å². The van der Waals surface area contributed by atoms with Gasteiger partial charge in [-0.3, -0.25) is 0 Å². The smallest absolute Gasteiger partial charge is 0.259 e. The predicted octanol–water partition coefficient (Wildman–Crippen LogP) is 21.6. The van der Waals surface area contributed by atoms with Gasteiger partial charge < -0.3 is 23.5 Å². The minimum Gasteiger partial charge on any atom is -0.393 e. The zero-order valence-corrected chi connectivity index (χ0v) is 59.2. The van der Waals surface area contributed by atoms with Gasteiger partial charge in [-0.05, 0) is 262 Å². The van der Waals surface area contributed by atoms with Gasteiger partial charge in [0.2, 0.25) is 14.2 Å². The fourth-order valence-electron chi connectivity index (χ4n) is 20.0. The van der Waals surface area contributed by atoms with Crippen LogP contribution < -0.4 is 0 Å². The van der Waals surface area contributed by atoms with Gasteiger partial charge in [-0.2, -0.15) is 5.26 Å². The lowest BCUT2D eigenvalue weighted by Crippen LogP contribution is -2.51. The van der Waals surface area contributed by atoms with Crippen molar-refractivity contribution < 1.29 is 18.7 Å². The van der Waals surface area contributed by atoms with Gasteiger partial charge in [0.1, 0.15) is 6.61 Å². The van der Waals surface area contributed by atoms with E-state index in [1.807, 2.05) is 0 Å². The van der Waals surface area contributed by atoms with Crippen molar-refractivity contribution in [3.8, 4) is 6.07 Å². The van der Waals surface area contributed by atoms with Crippen LogP contribution in [0.25, 0.3) is 4.85 Å². The lowest BCUT2D eigenvalue weighted by atomic mass is 9.47. The normalized spacial score (nSPS) is 36.1. The van der Waals surface area contributed by atoms with Gasteiger partial charge in [0.15, 0.2) is 0 Å². The van der Waals surface area contributed by atoms with Crippen molar-refractivity contribution in [2.45, 2.75) is 309 Å². The molecule has 8 nitrogen and oxygen atoms in total. The quantitative estimate of drug-likeness (QED) is 0.0446. The van der Waals surface area contributed by atoms with Crippen molar-refractivity contribution in [3.63, 3.8) is 0 Å². The fraction of sp³-hybridized carbons (Fsp3) is 0.917. The van der Waals surface area contributed by atoms with Crippen molar-refractivity contribution >= 4 is 27.4 Å². The van der Waals surface area contributed by atoms with E-state index in [9.17, 15) is 5.11 Å². The first kappa shape index (κ1) is 71.4. The molecule has 0 radical (unpaired) electrons. The fourth-order valence-corrected chi connectivity index (χ4v) is 24.1. The minimum atomic E-state index is -1.17. The first-order chi connectivity index (χ1) is 39.2. The summed E-state index contributed by atoms with van der Waals surface area (Å²) in [5.41, 5.74) is 5.17. The van der Waals surface area contributed by atoms with Crippen LogP contribution in [0.2, 0.25) is 0 Å². The van der Waals surface area contributed by atoms with Crippen LogP contribution in [-0.2, 0) is 13.6 Å². The van der Waals surface area contributed by atoms with Crippen molar-refractivity contribution in [1.82, 2.24) is 9.34 Å². The molecule has 0 amide bonds. The summed E-state index contributed by atoms with van der Waals surface area (Å²) in [6, 6.07) is 3.66. The predicted molar refractivity (Wildman–Crippen MR) is 354 cm³/mol. The number of aliphatic hydroxyl groups excluding tert-OH is 1. The van der Waals surface area contributed by atoms with E-state index < -0.39 is 16.2 Å². The molecule has 476 valence electrons. The van der Waals surface area contributed by atoms with E-state index in [2.05, 4.69) is 157 Å². The molecular formula is C72H127ClN4O4P2. The Morgan fingerprint density at radius 2 is 1.08 bits per heavy atom. The van der Waals surface area contributed by atoms with E-state index in [0.29, 0.717) is 72.0 Å². The number of nitriles is 1. The van der Waals surface area contributed by atoms with Crippen LogP contribution in [0.1, 0.15) is 272 Å². The minimum absolute atomic E-state index is 0.0766. The maximum atomic E-state index is 10.2. The molecule has 18 atom stereocenters. The maximum absolute atomic E-state index is 10.2. The molecule has 0 aromatic heterocycles. The zero-order chi connectivity index (χ0) is 61.2. The molecule has 8 aliphatic carbocycles. The average molecular weight is 1210 g/mol. The Hall–Kier alpha value is -0.630. The molecular weight excluding hydrogens is 1080 g/mol. The summed E-state index contributed by atoms with van der Waals surface area (Å²) < 4.78 is 23.0. The van der Waals surface area contributed by atoms with E-state index in [1.54, 1.807) is 11.1 Å². The van der Waals surface area contributed by atoms with Crippen molar-refractivity contribution in [1.29, 1.82) is 5.26 Å². The van der Waals surface area contributed by atoms with Crippen LogP contribution in [0.15, 0.2) is 23.3 Å². The second kappa shape index (κ2) is 31.9. The Kier molecular flexibility index (Phi) is 27.5. The first-order valence-electron chi connectivity index (χ1n) is 34.7. The van der Waals surface area contributed by atoms with Gasteiger partial charge in [0, 0.05) is 24.2 Å². The first-order valence-corrected chi connectivity index (χ1v) is 37.9. The standard InChI is InChI=1S/C36H63N2O2P.C27H46O.C9H18ClN2OP/c1-25(2)12-10-13-28(7)32-16-17-33-31-15-14-29-24-30(18-20-35(29,8)34(31)19-21-36(32,33)9)40-41(39-23-11-22-37)38(26(3)4)27(5)6;1-18(2)7-6-8-19(3)23-11-12-24-22-10-9-20-17-21(28)13-15-26(20,4)25(22)14-16-27(23,24)5;1-8(2)12(9(3)4)14(10)13-7-6-11-5/h14,25-28,30-34H,10-13,15-21,23-24H2,1-9H3;9,18-19,21-25,28H,6-8,10-17H2,1-5H3;8-9H,6-7H2,1-4H3/t28-,30+,31+,32-,33?,34+,35+,36-,41?;19-,21+,22+,23-,24?,25+,26+,27-;/m11./s1. The summed E-state index contributed by atoms with van der Waals surface area (Å²) >= 11 is 6.14.